The van der Waals surface area contributed by atoms with E-state index < -0.39 is 5.72 Å². The van der Waals surface area contributed by atoms with Gasteiger partial charge in [-0.05, 0) is 29.6 Å². The van der Waals surface area contributed by atoms with Crippen molar-refractivity contribution in [3.05, 3.63) is 86.5 Å². The van der Waals surface area contributed by atoms with E-state index >= 15 is 0 Å². The van der Waals surface area contributed by atoms with Crippen LogP contribution in [0.5, 0.6) is 5.75 Å². The number of ether oxygens (including phenoxy) is 1. The first-order valence-corrected chi connectivity index (χ1v) is 10.3. The Kier molecular flexibility index (Phi) is 3.69. The van der Waals surface area contributed by atoms with Crippen LogP contribution in [0.3, 0.4) is 0 Å². The van der Waals surface area contributed by atoms with Gasteiger partial charge >= 0.3 is 0 Å². The highest BCUT2D eigenvalue weighted by atomic mass is 79.9. The van der Waals surface area contributed by atoms with Crippen molar-refractivity contribution in [1.82, 2.24) is 5.01 Å². The average molecular weight is 425 g/mol. The standard InChI is InChI=1S/C21H17BrN2OS/c1-21(14-8-10-15(22)11-9-14)24-18(16-5-2-3-6-19(16)25-21)13-17(23-24)20-7-4-12-26-20/h2-12,18H,13H2,1H3/t18-,21+/m1/s1. The summed E-state index contributed by atoms with van der Waals surface area (Å²) in [4.78, 5) is 1.23. The van der Waals surface area contributed by atoms with Crippen molar-refractivity contribution in [2.45, 2.75) is 25.1 Å². The summed E-state index contributed by atoms with van der Waals surface area (Å²) < 4.78 is 7.59. The largest absolute Gasteiger partial charge is 0.462 e. The van der Waals surface area contributed by atoms with Gasteiger partial charge in [0.05, 0.1) is 16.6 Å². The fraction of sp³-hybridized carbons (Fsp3) is 0.190. The Labute approximate surface area is 165 Å². The second-order valence-electron chi connectivity index (χ2n) is 6.72. The third-order valence-electron chi connectivity index (χ3n) is 5.12. The lowest BCUT2D eigenvalue weighted by Gasteiger charge is -2.46. The van der Waals surface area contributed by atoms with E-state index in [9.17, 15) is 0 Å². The molecule has 0 aliphatic carbocycles. The molecule has 0 unspecified atom stereocenters. The summed E-state index contributed by atoms with van der Waals surface area (Å²) in [7, 11) is 0. The van der Waals surface area contributed by atoms with Crippen molar-refractivity contribution in [3.8, 4) is 5.75 Å². The molecular formula is C21H17BrN2OS. The van der Waals surface area contributed by atoms with E-state index in [1.807, 2.05) is 6.07 Å². The highest BCUT2D eigenvalue weighted by Gasteiger charge is 2.48. The van der Waals surface area contributed by atoms with Gasteiger partial charge in [-0.1, -0.05) is 52.3 Å². The molecule has 0 N–H and O–H groups in total. The van der Waals surface area contributed by atoms with Gasteiger partial charge in [-0.25, -0.2) is 5.01 Å². The molecule has 2 atom stereocenters. The van der Waals surface area contributed by atoms with Crippen LogP contribution >= 0.6 is 27.3 Å². The van der Waals surface area contributed by atoms with E-state index in [0.29, 0.717) is 0 Å². The lowest BCUT2D eigenvalue weighted by molar-refractivity contribution is -0.112. The highest BCUT2D eigenvalue weighted by Crippen LogP contribution is 2.50. The summed E-state index contributed by atoms with van der Waals surface area (Å²) in [6.07, 6.45) is 0.896. The molecule has 0 amide bonds. The molecule has 0 spiro atoms. The molecule has 3 heterocycles. The number of nitrogens with zero attached hydrogens (tertiary/aromatic N) is 2. The lowest BCUT2D eigenvalue weighted by Crippen LogP contribution is -2.48. The molecule has 3 nitrogen and oxygen atoms in total. The molecule has 0 bridgehead atoms. The molecule has 26 heavy (non-hydrogen) atoms. The Bertz CT molecular complexity index is 984. The average Bonchev–Trinajstić information content (AvgIpc) is 3.32. The Morgan fingerprint density at radius 2 is 1.92 bits per heavy atom. The molecule has 0 saturated carbocycles. The zero-order valence-electron chi connectivity index (χ0n) is 14.2. The van der Waals surface area contributed by atoms with Crippen molar-refractivity contribution in [2.24, 2.45) is 5.10 Å². The maximum Gasteiger partial charge on any atom is 0.221 e. The van der Waals surface area contributed by atoms with Gasteiger partial charge in [0.25, 0.3) is 0 Å². The molecule has 2 aliphatic rings. The Hall–Kier alpha value is -2.11. The smallest absolute Gasteiger partial charge is 0.221 e. The van der Waals surface area contributed by atoms with Crippen LogP contribution in [0.2, 0.25) is 0 Å². The number of para-hydroxylation sites is 1. The predicted octanol–water partition coefficient (Wildman–Crippen LogP) is 5.93. The minimum absolute atomic E-state index is 0.186. The van der Waals surface area contributed by atoms with Gasteiger partial charge in [0.15, 0.2) is 0 Å². The SMILES string of the molecule is C[C@@]1(c2ccc(Br)cc2)Oc2ccccc2[C@H]2CC(c3cccs3)=NN21. The zero-order chi connectivity index (χ0) is 17.7. The van der Waals surface area contributed by atoms with E-state index in [1.165, 1.54) is 10.4 Å². The van der Waals surface area contributed by atoms with Gasteiger partial charge in [0, 0.05) is 28.9 Å². The van der Waals surface area contributed by atoms with Gasteiger partial charge in [-0.15, -0.1) is 11.3 Å². The van der Waals surface area contributed by atoms with E-state index in [0.717, 1.165) is 27.9 Å². The minimum atomic E-state index is -0.640. The number of halogens is 1. The molecular weight excluding hydrogens is 408 g/mol. The molecule has 0 saturated heterocycles. The van der Waals surface area contributed by atoms with Crippen LogP contribution in [0, 0.1) is 0 Å². The van der Waals surface area contributed by atoms with Crippen molar-refractivity contribution >= 4 is 33.0 Å². The number of hydrogen-bond donors (Lipinski definition) is 0. The molecule has 5 rings (SSSR count). The highest BCUT2D eigenvalue weighted by molar-refractivity contribution is 9.10. The van der Waals surface area contributed by atoms with Gasteiger partial charge in [0.1, 0.15) is 5.75 Å². The van der Waals surface area contributed by atoms with Crippen LogP contribution < -0.4 is 4.74 Å². The Morgan fingerprint density at radius 3 is 2.69 bits per heavy atom. The number of benzene rings is 2. The molecule has 2 aliphatic heterocycles. The van der Waals surface area contributed by atoms with E-state index in [2.05, 4.69) is 87.8 Å². The van der Waals surface area contributed by atoms with Gasteiger partial charge in [-0.3, -0.25) is 0 Å². The minimum Gasteiger partial charge on any atom is -0.462 e. The van der Waals surface area contributed by atoms with Crippen LogP contribution in [0.4, 0.5) is 0 Å². The van der Waals surface area contributed by atoms with Crippen LogP contribution in [0.15, 0.2) is 75.6 Å². The lowest BCUT2D eigenvalue weighted by atomic mass is 9.93. The van der Waals surface area contributed by atoms with E-state index in [4.69, 9.17) is 9.84 Å². The van der Waals surface area contributed by atoms with Gasteiger partial charge in [0.2, 0.25) is 5.72 Å². The number of hydrazone groups is 1. The van der Waals surface area contributed by atoms with Crippen molar-refractivity contribution in [3.63, 3.8) is 0 Å². The number of thiophene rings is 1. The molecule has 2 aromatic carbocycles. The molecule has 5 heteroatoms. The quantitative estimate of drug-likeness (QED) is 0.509. The van der Waals surface area contributed by atoms with Crippen molar-refractivity contribution in [1.29, 1.82) is 0 Å². The Balaban J connectivity index is 1.66. The summed E-state index contributed by atoms with van der Waals surface area (Å²) in [5.41, 5.74) is 2.79. The molecule has 1 aromatic heterocycles. The van der Waals surface area contributed by atoms with E-state index in [1.54, 1.807) is 11.3 Å². The number of fused-ring (bicyclic) bond motifs is 3. The molecule has 0 radical (unpaired) electrons. The van der Waals surface area contributed by atoms with E-state index in [-0.39, 0.29) is 6.04 Å². The summed E-state index contributed by atoms with van der Waals surface area (Å²) in [6, 6.07) is 21.1. The number of hydrogen-bond acceptors (Lipinski definition) is 4. The normalized spacial score (nSPS) is 23.8. The fourth-order valence-corrected chi connectivity index (χ4v) is 4.78. The molecule has 3 aromatic rings. The summed E-state index contributed by atoms with van der Waals surface area (Å²) in [6.45, 7) is 2.11. The van der Waals surface area contributed by atoms with Gasteiger partial charge in [-0.2, -0.15) is 5.10 Å². The molecule has 0 fully saturated rings. The first-order valence-electron chi connectivity index (χ1n) is 8.60. The fourth-order valence-electron chi connectivity index (χ4n) is 3.80. The predicted molar refractivity (Wildman–Crippen MR) is 109 cm³/mol. The first-order chi connectivity index (χ1) is 12.6. The van der Waals surface area contributed by atoms with Crippen molar-refractivity contribution in [2.75, 3.05) is 0 Å². The second kappa shape index (κ2) is 5.96. The third-order valence-corrected chi connectivity index (χ3v) is 6.57. The first kappa shape index (κ1) is 16.1. The Morgan fingerprint density at radius 1 is 1.12 bits per heavy atom. The topological polar surface area (TPSA) is 24.8 Å². The monoisotopic (exact) mass is 424 g/mol. The van der Waals surface area contributed by atoms with Crippen LogP contribution in [0.1, 0.15) is 35.4 Å². The van der Waals surface area contributed by atoms with Crippen LogP contribution in [0.25, 0.3) is 0 Å². The summed E-state index contributed by atoms with van der Waals surface area (Å²) in [5, 5.41) is 9.28. The third kappa shape index (κ3) is 2.42. The summed E-state index contributed by atoms with van der Waals surface area (Å²) in [5.74, 6) is 0.946. The van der Waals surface area contributed by atoms with Crippen molar-refractivity contribution < 1.29 is 4.74 Å². The van der Waals surface area contributed by atoms with Gasteiger partial charge < -0.3 is 4.74 Å². The molecule has 130 valence electrons. The van der Waals surface area contributed by atoms with Crippen LogP contribution in [-0.4, -0.2) is 10.7 Å². The maximum absolute atomic E-state index is 6.53. The zero-order valence-corrected chi connectivity index (χ0v) is 16.6. The van der Waals surface area contributed by atoms with Crippen LogP contribution in [-0.2, 0) is 5.72 Å². The summed E-state index contributed by atoms with van der Waals surface area (Å²) >= 11 is 5.26. The second-order valence-corrected chi connectivity index (χ2v) is 8.58. The number of rotatable bonds is 2. The maximum atomic E-state index is 6.53.